The first-order valence-electron chi connectivity index (χ1n) is 9.10. The maximum Gasteiger partial charge on any atom is 0.236 e. The Balaban J connectivity index is 1.53. The SMILES string of the molecule is Cc1ccnc(N(C)C2CCN(CC(=O)N3CC(C)OC(C)C3)C2)n1. The Bertz CT molecular complexity index is 601. The quantitative estimate of drug-likeness (QED) is 0.808. The molecule has 7 heteroatoms. The van der Waals surface area contributed by atoms with Crippen molar-refractivity contribution in [3.63, 3.8) is 0 Å². The van der Waals surface area contributed by atoms with Gasteiger partial charge in [0.2, 0.25) is 11.9 Å². The van der Waals surface area contributed by atoms with Crippen molar-refractivity contribution in [3.8, 4) is 0 Å². The summed E-state index contributed by atoms with van der Waals surface area (Å²) in [6.07, 6.45) is 3.05. The Morgan fingerprint density at radius 2 is 2.04 bits per heavy atom. The number of aryl methyl sites for hydroxylation is 1. The second kappa shape index (κ2) is 7.66. The number of likely N-dealkylation sites (tertiary alicyclic amines) is 1. The number of likely N-dealkylation sites (N-methyl/N-ethyl adjacent to an activating group) is 1. The van der Waals surface area contributed by atoms with Gasteiger partial charge in [0, 0.05) is 51.2 Å². The van der Waals surface area contributed by atoms with Crippen molar-refractivity contribution in [2.75, 3.05) is 44.7 Å². The van der Waals surface area contributed by atoms with Crippen LogP contribution in [0.15, 0.2) is 12.3 Å². The fourth-order valence-electron chi connectivity index (χ4n) is 3.71. The molecule has 3 atom stereocenters. The second-order valence-corrected chi connectivity index (χ2v) is 7.34. The number of hydrogen-bond donors (Lipinski definition) is 0. The van der Waals surface area contributed by atoms with Crippen LogP contribution in [0.1, 0.15) is 26.0 Å². The Morgan fingerprint density at radius 3 is 2.72 bits per heavy atom. The number of anilines is 1. The van der Waals surface area contributed by atoms with Gasteiger partial charge in [-0.15, -0.1) is 0 Å². The van der Waals surface area contributed by atoms with Crippen LogP contribution in [-0.4, -0.2) is 83.7 Å². The Kier molecular flexibility index (Phi) is 5.54. The molecule has 0 N–H and O–H groups in total. The van der Waals surface area contributed by atoms with Crippen LogP contribution in [0.4, 0.5) is 5.95 Å². The molecule has 138 valence electrons. The van der Waals surface area contributed by atoms with E-state index in [1.807, 2.05) is 38.8 Å². The summed E-state index contributed by atoms with van der Waals surface area (Å²) in [7, 11) is 2.04. The first-order valence-corrected chi connectivity index (χ1v) is 9.10. The molecular weight excluding hydrogens is 318 g/mol. The lowest BCUT2D eigenvalue weighted by Gasteiger charge is -2.36. The monoisotopic (exact) mass is 347 g/mol. The van der Waals surface area contributed by atoms with Gasteiger partial charge in [-0.25, -0.2) is 9.97 Å². The molecule has 3 rings (SSSR count). The lowest BCUT2D eigenvalue weighted by atomic mass is 10.2. The molecule has 0 aromatic carbocycles. The zero-order chi connectivity index (χ0) is 18.0. The van der Waals surface area contributed by atoms with E-state index < -0.39 is 0 Å². The van der Waals surface area contributed by atoms with E-state index in [0.717, 1.165) is 31.2 Å². The van der Waals surface area contributed by atoms with Crippen molar-refractivity contribution < 1.29 is 9.53 Å². The van der Waals surface area contributed by atoms with Gasteiger partial charge in [-0.3, -0.25) is 9.69 Å². The first kappa shape index (κ1) is 18.1. The van der Waals surface area contributed by atoms with Crippen molar-refractivity contribution in [1.29, 1.82) is 0 Å². The summed E-state index contributed by atoms with van der Waals surface area (Å²) in [6, 6.07) is 2.25. The van der Waals surface area contributed by atoms with Gasteiger partial charge in [-0.1, -0.05) is 0 Å². The van der Waals surface area contributed by atoms with Crippen LogP contribution < -0.4 is 4.90 Å². The highest BCUT2D eigenvalue weighted by molar-refractivity contribution is 5.78. The molecule has 0 spiro atoms. The fourth-order valence-corrected chi connectivity index (χ4v) is 3.71. The molecule has 1 aromatic heterocycles. The van der Waals surface area contributed by atoms with Crippen molar-refractivity contribution in [2.45, 2.75) is 45.4 Å². The predicted octanol–water partition coefficient (Wildman–Crippen LogP) is 0.931. The fraction of sp³-hybridized carbons (Fsp3) is 0.722. The number of nitrogens with zero attached hydrogens (tertiary/aromatic N) is 5. The summed E-state index contributed by atoms with van der Waals surface area (Å²) in [6.45, 7) is 9.70. The average Bonchev–Trinajstić information content (AvgIpc) is 3.01. The average molecular weight is 347 g/mol. The number of carbonyl (C=O) groups excluding carboxylic acids is 1. The van der Waals surface area contributed by atoms with Gasteiger partial charge < -0.3 is 14.5 Å². The number of aromatic nitrogens is 2. The third-order valence-corrected chi connectivity index (χ3v) is 5.02. The number of amides is 1. The molecule has 2 aliphatic rings. The van der Waals surface area contributed by atoms with Crippen LogP contribution in [-0.2, 0) is 9.53 Å². The number of ether oxygens (including phenoxy) is 1. The van der Waals surface area contributed by atoms with E-state index in [1.165, 1.54) is 0 Å². The van der Waals surface area contributed by atoms with Crippen LogP contribution in [0.3, 0.4) is 0 Å². The number of hydrogen-bond acceptors (Lipinski definition) is 6. The van der Waals surface area contributed by atoms with Gasteiger partial charge in [-0.2, -0.15) is 0 Å². The third kappa shape index (κ3) is 4.46. The molecule has 7 nitrogen and oxygen atoms in total. The number of carbonyl (C=O) groups is 1. The molecule has 3 heterocycles. The van der Waals surface area contributed by atoms with E-state index in [0.29, 0.717) is 25.7 Å². The summed E-state index contributed by atoms with van der Waals surface area (Å²) in [4.78, 5) is 27.8. The highest BCUT2D eigenvalue weighted by Gasteiger charge is 2.31. The van der Waals surface area contributed by atoms with E-state index in [-0.39, 0.29) is 18.1 Å². The molecule has 0 aliphatic carbocycles. The van der Waals surface area contributed by atoms with E-state index >= 15 is 0 Å². The summed E-state index contributed by atoms with van der Waals surface area (Å²) in [5, 5.41) is 0. The van der Waals surface area contributed by atoms with Gasteiger partial charge >= 0.3 is 0 Å². The van der Waals surface area contributed by atoms with Gasteiger partial charge in [0.1, 0.15) is 0 Å². The van der Waals surface area contributed by atoms with Gasteiger partial charge in [-0.05, 0) is 33.3 Å². The molecule has 1 aromatic rings. The van der Waals surface area contributed by atoms with Crippen LogP contribution in [0.5, 0.6) is 0 Å². The topological polar surface area (TPSA) is 61.8 Å². The highest BCUT2D eigenvalue weighted by atomic mass is 16.5. The van der Waals surface area contributed by atoms with Crippen molar-refractivity contribution >= 4 is 11.9 Å². The molecule has 25 heavy (non-hydrogen) atoms. The molecule has 1 amide bonds. The molecule has 0 bridgehead atoms. The molecule has 3 unspecified atom stereocenters. The lowest BCUT2D eigenvalue weighted by Crippen LogP contribution is -2.51. The van der Waals surface area contributed by atoms with Crippen LogP contribution in [0, 0.1) is 6.92 Å². The predicted molar refractivity (Wildman–Crippen MR) is 96.6 cm³/mol. The van der Waals surface area contributed by atoms with Crippen molar-refractivity contribution in [3.05, 3.63) is 18.0 Å². The van der Waals surface area contributed by atoms with E-state index in [9.17, 15) is 4.79 Å². The molecule has 0 radical (unpaired) electrons. The van der Waals surface area contributed by atoms with Crippen LogP contribution in [0.2, 0.25) is 0 Å². The normalized spacial score (nSPS) is 27.5. The summed E-state index contributed by atoms with van der Waals surface area (Å²) in [5.74, 6) is 0.964. The molecule has 2 fully saturated rings. The zero-order valence-electron chi connectivity index (χ0n) is 15.7. The summed E-state index contributed by atoms with van der Waals surface area (Å²) < 4.78 is 5.72. The van der Waals surface area contributed by atoms with E-state index in [2.05, 4.69) is 19.8 Å². The second-order valence-electron chi connectivity index (χ2n) is 7.34. The largest absolute Gasteiger partial charge is 0.372 e. The van der Waals surface area contributed by atoms with Gasteiger partial charge in [0.15, 0.2) is 0 Å². The standard InChI is InChI=1S/C18H29N5O2/c1-13-5-7-19-18(20-13)21(4)16-6-8-22(11-16)12-17(24)23-9-14(2)25-15(3)10-23/h5,7,14-16H,6,8-12H2,1-4H3. The Morgan fingerprint density at radius 1 is 1.32 bits per heavy atom. The number of rotatable bonds is 4. The molecule has 0 saturated carbocycles. The summed E-state index contributed by atoms with van der Waals surface area (Å²) >= 11 is 0. The minimum absolute atomic E-state index is 0.114. The van der Waals surface area contributed by atoms with Crippen LogP contribution in [0.25, 0.3) is 0 Å². The summed E-state index contributed by atoms with van der Waals surface area (Å²) in [5.41, 5.74) is 0.970. The van der Waals surface area contributed by atoms with Gasteiger partial charge in [0.25, 0.3) is 0 Å². The minimum Gasteiger partial charge on any atom is -0.372 e. The third-order valence-electron chi connectivity index (χ3n) is 5.02. The van der Waals surface area contributed by atoms with E-state index in [1.54, 1.807) is 6.20 Å². The maximum atomic E-state index is 12.6. The smallest absolute Gasteiger partial charge is 0.236 e. The van der Waals surface area contributed by atoms with E-state index in [4.69, 9.17) is 4.74 Å². The van der Waals surface area contributed by atoms with Crippen molar-refractivity contribution in [2.24, 2.45) is 0 Å². The zero-order valence-corrected chi connectivity index (χ0v) is 15.7. The van der Waals surface area contributed by atoms with Crippen LogP contribution >= 0.6 is 0 Å². The molecular formula is C18H29N5O2. The first-order chi connectivity index (χ1) is 11.9. The Hall–Kier alpha value is -1.73. The maximum absolute atomic E-state index is 12.6. The lowest BCUT2D eigenvalue weighted by molar-refractivity contribution is -0.144. The molecule has 2 saturated heterocycles. The highest BCUT2D eigenvalue weighted by Crippen LogP contribution is 2.19. The number of morpholine rings is 1. The Labute approximate surface area is 150 Å². The van der Waals surface area contributed by atoms with Crippen molar-refractivity contribution in [1.82, 2.24) is 19.8 Å². The molecule has 2 aliphatic heterocycles. The minimum atomic E-state index is 0.114. The van der Waals surface area contributed by atoms with Gasteiger partial charge in [0.05, 0.1) is 18.8 Å².